The summed E-state index contributed by atoms with van der Waals surface area (Å²) in [5, 5.41) is 2.76. The van der Waals surface area contributed by atoms with Crippen molar-refractivity contribution in [3.63, 3.8) is 0 Å². The molecule has 146 valence electrons. The van der Waals surface area contributed by atoms with Crippen LogP contribution in [0.2, 0.25) is 0 Å². The zero-order chi connectivity index (χ0) is 19.9. The highest BCUT2D eigenvalue weighted by molar-refractivity contribution is 7.90. The van der Waals surface area contributed by atoms with E-state index in [1.807, 2.05) is 42.5 Å². The van der Waals surface area contributed by atoms with Gasteiger partial charge < -0.3 is 16.0 Å². The minimum Gasteiger partial charge on any atom is -0.351 e. The largest absolute Gasteiger partial charge is 0.351 e. The summed E-state index contributed by atoms with van der Waals surface area (Å²) in [6.45, 7) is 3.29. The fraction of sp³-hybridized carbons (Fsp3) is 0.350. The summed E-state index contributed by atoms with van der Waals surface area (Å²) in [6, 6.07) is 17.3. The molecule has 2 rings (SSSR count). The van der Waals surface area contributed by atoms with Crippen molar-refractivity contribution in [3.8, 4) is 0 Å². The number of amides is 1. The highest BCUT2D eigenvalue weighted by atomic mass is 32.2. The zero-order valence-electron chi connectivity index (χ0n) is 15.8. The summed E-state index contributed by atoms with van der Waals surface area (Å²) in [6.07, 6.45) is 1.25. The van der Waals surface area contributed by atoms with Crippen LogP contribution < -0.4 is 16.0 Å². The monoisotopic (exact) mass is 389 g/mol. The maximum Gasteiger partial charge on any atom is 0.237 e. The summed E-state index contributed by atoms with van der Waals surface area (Å²) in [5.74, 6) is -0.440. The molecule has 1 atom stereocenters. The highest BCUT2D eigenvalue weighted by Gasteiger charge is 2.15. The number of para-hydroxylation sites is 1. The Morgan fingerprint density at radius 1 is 1.07 bits per heavy atom. The molecule has 0 aliphatic carbocycles. The van der Waals surface area contributed by atoms with E-state index in [9.17, 15) is 13.2 Å². The van der Waals surface area contributed by atoms with Gasteiger partial charge in [-0.25, -0.2) is 8.42 Å². The SMILES string of the molecule is CCN(c1ccccc1)c1ccc(CNC(=O)C(N)CCS(C)(=O)=O)cc1. The molecule has 0 saturated carbocycles. The van der Waals surface area contributed by atoms with Crippen molar-refractivity contribution in [3.05, 3.63) is 60.2 Å². The van der Waals surface area contributed by atoms with Gasteiger partial charge in [-0.2, -0.15) is 0 Å². The van der Waals surface area contributed by atoms with Crippen LogP contribution >= 0.6 is 0 Å². The molecule has 0 spiro atoms. The van der Waals surface area contributed by atoms with Crippen molar-refractivity contribution < 1.29 is 13.2 Å². The molecule has 1 amide bonds. The van der Waals surface area contributed by atoms with Gasteiger partial charge in [-0.3, -0.25) is 4.79 Å². The first-order valence-corrected chi connectivity index (χ1v) is 11.0. The van der Waals surface area contributed by atoms with Gasteiger partial charge in [0.15, 0.2) is 0 Å². The molecule has 0 aromatic heterocycles. The van der Waals surface area contributed by atoms with Gasteiger partial charge in [0, 0.05) is 30.7 Å². The van der Waals surface area contributed by atoms with Gasteiger partial charge >= 0.3 is 0 Å². The average Bonchev–Trinajstić information content (AvgIpc) is 2.66. The van der Waals surface area contributed by atoms with Crippen LogP contribution in [-0.2, 0) is 21.2 Å². The zero-order valence-corrected chi connectivity index (χ0v) is 16.6. The maximum absolute atomic E-state index is 12.0. The summed E-state index contributed by atoms with van der Waals surface area (Å²) in [7, 11) is -3.12. The first-order valence-electron chi connectivity index (χ1n) is 8.92. The molecule has 27 heavy (non-hydrogen) atoms. The van der Waals surface area contributed by atoms with Crippen molar-refractivity contribution in [2.75, 3.05) is 23.5 Å². The molecular formula is C20H27N3O3S. The van der Waals surface area contributed by atoms with Crippen LogP contribution in [0.3, 0.4) is 0 Å². The third-order valence-electron chi connectivity index (χ3n) is 4.24. The Balaban J connectivity index is 1.92. The molecular weight excluding hydrogens is 362 g/mol. The van der Waals surface area contributed by atoms with E-state index in [0.717, 1.165) is 29.7 Å². The van der Waals surface area contributed by atoms with Gasteiger partial charge in [0.05, 0.1) is 11.8 Å². The number of benzene rings is 2. The third-order valence-corrected chi connectivity index (χ3v) is 5.21. The molecule has 2 aromatic rings. The van der Waals surface area contributed by atoms with Crippen molar-refractivity contribution in [1.82, 2.24) is 5.32 Å². The standard InChI is InChI=1S/C20H27N3O3S/c1-3-23(17-7-5-4-6-8-17)18-11-9-16(10-12-18)15-22-20(24)19(21)13-14-27(2,25)26/h4-12,19H,3,13-15,21H2,1-2H3,(H,22,24). The lowest BCUT2D eigenvalue weighted by molar-refractivity contribution is -0.122. The predicted octanol–water partition coefficient (Wildman–Crippen LogP) is 2.22. The summed E-state index contributed by atoms with van der Waals surface area (Å²) >= 11 is 0. The molecule has 0 saturated heterocycles. The van der Waals surface area contributed by atoms with E-state index in [1.165, 1.54) is 0 Å². The van der Waals surface area contributed by atoms with Gasteiger partial charge in [0.25, 0.3) is 0 Å². The Morgan fingerprint density at radius 2 is 1.67 bits per heavy atom. The van der Waals surface area contributed by atoms with E-state index in [1.54, 1.807) is 0 Å². The number of carbonyl (C=O) groups is 1. The number of rotatable bonds is 9. The minimum atomic E-state index is -3.12. The van der Waals surface area contributed by atoms with Crippen molar-refractivity contribution in [2.45, 2.75) is 25.9 Å². The van der Waals surface area contributed by atoms with Crippen molar-refractivity contribution in [1.29, 1.82) is 0 Å². The fourth-order valence-corrected chi connectivity index (χ4v) is 3.39. The van der Waals surface area contributed by atoms with Gasteiger partial charge in [-0.1, -0.05) is 30.3 Å². The van der Waals surface area contributed by atoms with E-state index >= 15 is 0 Å². The van der Waals surface area contributed by atoms with Crippen LogP contribution in [0.15, 0.2) is 54.6 Å². The molecule has 2 aromatic carbocycles. The first kappa shape index (κ1) is 20.9. The van der Waals surface area contributed by atoms with Crippen molar-refractivity contribution >= 4 is 27.1 Å². The predicted molar refractivity (Wildman–Crippen MR) is 110 cm³/mol. The lowest BCUT2D eigenvalue weighted by Crippen LogP contribution is -2.41. The number of anilines is 2. The Bertz CT molecular complexity index is 837. The molecule has 0 aliphatic heterocycles. The number of hydrogen-bond donors (Lipinski definition) is 2. The number of hydrogen-bond acceptors (Lipinski definition) is 5. The van der Waals surface area contributed by atoms with Crippen LogP contribution in [0.5, 0.6) is 0 Å². The number of nitrogens with zero attached hydrogens (tertiary/aromatic N) is 1. The lowest BCUT2D eigenvalue weighted by atomic mass is 10.1. The van der Waals surface area contributed by atoms with E-state index < -0.39 is 15.9 Å². The Kier molecular flexibility index (Phi) is 7.38. The Hall–Kier alpha value is -2.38. The van der Waals surface area contributed by atoms with E-state index in [0.29, 0.717) is 6.54 Å². The first-order chi connectivity index (χ1) is 12.8. The smallest absolute Gasteiger partial charge is 0.237 e. The highest BCUT2D eigenvalue weighted by Crippen LogP contribution is 2.24. The molecule has 6 nitrogen and oxygen atoms in total. The molecule has 0 heterocycles. The Labute approximate surface area is 161 Å². The third kappa shape index (κ3) is 6.69. The van der Waals surface area contributed by atoms with Crippen LogP contribution in [0.25, 0.3) is 0 Å². The fourth-order valence-electron chi connectivity index (χ4n) is 2.71. The molecule has 0 fully saturated rings. The number of sulfone groups is 1. The van der Waals surface area contributed by atoms with E-state index in [2.05, 4.69) is 29.3 Å². The van der Waals surface area contributed by atoms with Crippen LogP contribution in [0, 0.1) is 0 Å². The molecule has 0 bridgehead atoms. The van der Waals surface area contributed by atoms with Gasteiger partial charge in [-0.15, -0.1) is 0 Å². The molecule has 0 aliphatic rings. The van der Waals surface area contributed by atoms with E-state index in [4.69, 9.17) is 5.73 Å². The van der Waals surface area contributed by atoms with Crippen molar-refractivity contribution in [2.24, 2.45) is 5.73 Å². The van der Waals surface area contributed by atoms with Crippen LogP contribution in [-0.4, -0.2) is 38.9 Å². The number of nitrogens with one attached hydrogen (secondary N) is 1. The van der Waals surface area contributed by atoms with E-state index in [-0.39, 0.29) is 18.1 Å². The maximum atomic E-state index is 12.0. The second-order valence-corrected chi connectivity index (χ2v) is 8.75. The minimum absolute atomic E-state index is 0.0946. The second kappa shape index (κ2) is 9.53. The topological polar surface area (TPSA) is 92.5 Å². The quantitative estimate of drug-likeness (QED) is 0.686. The number of carbonyl (C=O) groups excluding carboxylic acids is 1. The number of nitrogens with two attached hydrogens (primary N) is 1. The second-order valence-electron chi connectivity index (χ2n) is 6.49. The Morgan fingerprint density at radius 3 is 2.22 bits per heavy atom. The lowest BCUT2D eigenvalue weighted by Gasteiger charge is -2.23. The average molecular weight is 390 g/mol. The van der Waals surface area contributed by atoms with Gasteiger partial charge in [0.1, 0.15) is 9.84 Å². The summed E-state index contributed by atoms with van der Waals surface area (Å²) in [4.78, 5) is 14.2. The van der Waals surface area contributed by atoms with Crippen LogP contribution in [0.1, 0.15) is 18.9 Å². The van der Waals surface area contributed by atoms with Gasteiger partial charge in [-0.05, 0) is 43.2 Å². The summed E-state index contributed by atoms with van der Waals surface area (Å²) in [5.41, 5.74) is 8.90. The molecule has 0 radical (unpaired) electrons. The molecule has 1 unspecified atom stereocenters. The molecule has 7 heteroatoms. The normalized spacial score (nSPS) is 12.4. The van der Waals surface area contributed by atoms with Crippen LogP contribution in [0.4, 0.5) is 11.4 Å². The molecule has 3 N–H and O–H groups in total. The summed E-state index contributed by atoms with van der Waals surface area (Å²) < 4.78 is 22.3. The van der Waals surface area contributed by atoms with Gasteiger partial charge in [0.2, 0.25) is 5.91 Å².